The van der Waals surface area contributed by atoms with E-state index in [9.17, 15) is 0 Å². The van der Waals surface area contributed by atoms with Crippen LogP contribution in [0.15, 0.2) is 12.3 Å². The maximum Gasteiger partial charge on any atom is 0.0193 e. The second-order valence-electron chi connectivity index (χ2n) is 3.30. The lowest BCUT2D eigenvalue weighted by Gasteiger charge is -2.06. The predicted molar refractivity (Wildman–Crippen MR) is 48.9 cm³/mol. The van der Waals surface area contributed by atoms with Crippen molar-refractivity contribution in [2.45, 2.75) is 40.2 Å². The molecule has 0 atom stereocenters. The van der Waals surface area contributed by atoms with E-state index >= 15 is 0 Å². The number of hydrogen-bond acceptors (Lipinski definition) is 0. The average molecular weight is 151 g/mol. The molecule has 0 fully saturated rings. The molecule has 0 aromatic carbocycles. The fraction of sp³-hybridized carbons (Fsp3) is 0.600. The van der Waals surface area contributed by atoms with Gasteiger partial charge >= 0.3 is 0 Å². The van der Waals surface area contributed by atoms with Crippen LogP contribution in [0.2, 0.25) is 0 Å². The first-order chi connectivity index (χ1) is 5.16. The molecule has 0 saturated carbocycles. The van der Waals surface area contributed by atoms with Crippen molar-refractivity contribution in [3.63, 3.8) is 0 Å². The van der Waals surface area contributed by atoms with Gasteiger partial charge in [-0.1, -0.05) is 13.8 Å². The molecule has 11 heavy (non-hydrogen) atoms. The molecule has 1 heterocycles. The second-order valence-corrected chi connectivity index (χ2v) is 3.30. The topological polar surface area (TPSA) is 4.93 Å². The van der Waals surface area contributed by atoms with Crippen LogP contribution in [0.4, 0.5) is 0 Å². The Hall–Kier alpha value is -0.720. The molecule has 1 rings (SSSR count). The lowest BCUT2D eigenvalue weighted by Crippen LogP contribution is -1.96. The number of nitrogens with zero attached hydrogens (tertiary/aromatic N) is 1. The fourth-order valence-corrected chi connectivity index (χ4v) is 1.52. The van der Waals surface area contributed by atoms with Crippen LogP contribution in [0.3, 0.4) is 0 Å². The smallest absolute Gasteiger partial charge is 0.0193 e. The predicted octanol–water partition coefficient (Wildman–Crippen LogP) is 2.94. The van der Waals surface area contributed by atoms with Gasteiger partial charge in [-0.2, -0.15) is 0 Å². The molecule has 0 aliphatic heterocycles. The summed E-state index contributed by atoms with van der Waals surface area (Å²) in [5.74, 6) is 0.655. The molecule has 0 N–H and O–H groups in total. The summed E-state index contributed by atoms with van der Waals surface area (Å²) >= 11 is 0. The third-order valence-corrected chi connectivity index (χ3v) is 2.25. The van der Waals surface area contributed by atoms with Crippen molar-refractivity contribution in [1.29, 1.82) is 0 Å². The van der Waals surface area contributed by atoms with Crippen molar-refractivity contribution in [1.82, 2.24) is 4.57 Å². The number of hydrogen-bond donors (Lipinski definition) is 0. The molecule has 1 nitrogen and oxygen atoms in total. The van der Waals surface area contributed by atoms with Gasteiger partial charge in [-0.25, -0.2) is 0 Å². The Balaban J connectivity index is 3.00. The molecule has 62 valence electrons. The summed E-state index contributed by atoms with van der Waals surface area (Å²) in [4.78, 5) is 0. The maximum atomic E-state index is 2.29. The van der Waals surface area contributed by atoms with Crippen molar-refractivity contribution in [2.75, 3.05) is 0 Å². The minimum atomic E-state index is 0.655. The Morgan fingerprint density at radius 1 is 1.45 bits per heavy atom. The molecular formula is C10H17N. The van der Waals surface area contributed by atoms with Gasteiger partial charge in [-0.3, -0.25) is 0 Å². The third-order valence-electron chi connectivity index (χ3n) is 2.25. The highest BCUT2D eigenvalue weighted by Gasteiger charge is 2.05. The molecule has 0 aliphatic rings. The molecule has 1 aromatic rings. The van der Waals surface area contributed by atoms with Crippen LogP contribution < -0.4 is 0 Å². The monoisotopic (exact) mass is 151 g/mol. The van der Waals surface area contributed by atoms with Crippen molar-refractivity contribution >= 4 is 0 Å². The Morgan fingerprint density at radius 2 is 2.09 bits per heavy atom. The Kier molecular flexibility index (Phi) is 2.38. The maximum absolute atomic E-state index is 2.29. The largest absolute Gasteiger partial charge is 0.352 e. The lowest BCUT2D eigenvalue weighted by atomic mass is 10.0. The zero-order valence-corrected chi connectivity index (χ0v) is 7.89. The van der Waals surface area contributed by atoms with Crippen LogP contribution in [0.25, 0.3) is 0 Å². The van der Waals surface area contributed by atoms with Crippen molar-refractivity contribution in [3.05, 3.63) is 23.5 Å². The van der Waals surface area contributed by atoms with Gasteiger partial charge in [0.1, 0.15) is 0 Å². The average Bonchev–Trinajstić information content (AvgIpc) is 2.30. The van der Waals surface area contributed by atoms with E-state index in [1.807, 2.05) is 0 Å². The molecule has 0 aliphatic carbocycles. The van der Waals surface area contributed by atoms with Gasteiger partial charge in [0.05, 0.1) is 0 Å². The summed E-state index contributed by atoms with van der Waals surface area (Å²) in [6, 6.07) is 2.23. The van der Waals surface area contributed by atoms with Gasteiger partial charge in [-0.15, -0.1) is 0 Å². The van der Waals surface area contributed by atoms with E-state index in [1.54, 1.807) is 0 Å². The van der Waals surface area contributed by atoms with E-state index in [4.69, 9.17) is 0 Å². The standard InChI is InChI=1S/C10H17N/c1-5-11-7-6-10(8(2)3)9(11)4/h6-8H,5H2,1-4H3. The Labute approximate surface area is 69.0 Å². The van der Waals surface area contributed by atoms with Gasteiger partial charge < -0.3 is 4.57 Å². The molecule has 0 unspecified atom stereocenters. The highest BCUT2D eigenvalue weighted by Crippen LogP contribution is 2.19. The molecule has 0 spiro atoms. The van der Waals surface area contributed by atoms with Gasteiger partial charge in [-0.05, 0) is 31.4 Å². The third kappa shape index (κ3) is 1.47. The zero-order chi connectivity index (χ0) is 8.43. The highest BCUT2D eigenvalue weighted by atomic mass is 15.0. The van der Waals surface area contributed by atoms with E-state index in [0.29, 0.717) is 5.92 Å². The molecule has 0 bridgehead atoms. The molecule has 0 radical (unpaired) electrons. The number of rotatable bonds is 2. The summed E-state index contributed by atoms with van der Waals surface area (Å²) in [5, 5.41) is 0. The molecule has 1 heteroatoms. The summed E-state index contributed by atoms with van der Waals surface area (Å²) in [7, 11) is 0. The lowest BCUT2D eigenvalue weighted by molar-refractivity contribution is 0.728. The Bertz CT molecular complexity index is 233. The van der Waals surface area contributed by atoms with Crippen LogP contribution in [0.5, 0.6) is 0 Å². The first-order valence-corrected chi connectivity index (χ1v) is 4.32. The molecule has 0 amide bonds. The first kappa shape index (κ1) is 8.38. The summed E-state index contributed by atoms with van der Waals surface area (Å²) < 4.78 is 2.29. The fourth-order valence-electron chi connectivity index (χ4n) is 1.52. The van der Waals surface area contributed by atoms with Gasteiger partial charge in [0.25, 0.3) is 0 Å². The number of aryl methyl sites for hydroxylation is 1. The summed E-state index contributed by atoms with van der Waals surface area (Å²) in [5.41, 5.74) is 2.90. The minimum absolute atomic E-state index is 0.655. The first-order valence-electron chi connectivity index (χ1n) is 4.32. The second kappa shape index (κ2) is 3.12. The van der Waals surface area contributed by atoms with Crippen LogP contribution in [-0.2, 0) is 6.54 Å². The van der Waals surface area contributed by atoms with Crippen LogP contribution in [-0.4, -0.2) is 4.57 Å². The zero-order valence-electron chi connectivity index (χ0n) is 7.89. The summed E-state index contributed by atoms with van der Waals surface area (Å²) in [6.07, 6.45) is 2.17. The van der Waals surface area contributed by atoms with Gasteiger partial charge in [0, 0.05) is 18.4 Å². The number of aromatic nitrogens is 1. The van der Waals surface area contributed by atoms with E-state index < -0.39 is 0 Å². The Morgan fingerprint density at radius 3 is 2.36 bits per heavy atom. The van der Waals surface area contributed by atoms with E-state index in [1.165, 1.54) is 11.3 Å². The van der Waals surface area contributed by atoms with E-state index in [0.717, 1.165) is 6.54 Å². The van der Waals surface area contributed by atoms with Gasteiger partial charge in [0.15, 0.2) is 0 Å². The van der Waals surface area contributed by atoms with Crippen LogP contribution in [0.1, 0.15) is 37.9 Å². The van der Waals surface area contributed by atoms with Crippen molar-refractivity contribution in [3.8, 4) is 0 Å². The van der Waals surface area contributed by atoms with Gasteiger partial charge in [0.2, 0.25) is 0 Å². The molecule has 1 aromatic heterocycles. The van der Waals surface area contributed by atoms with E-state index in [-0.39, 0.29) is 0 Å². The highest BCUT2D eigenvalue weighted by molar-refractivity contribution is 5.24. The normalized spacial score (nSPS) is 11.0. The van der Waals surface area contributed by atoms with Crippen LogP contribution >= 0.6 is 0 Å². The molecule has 0 saturated heterocycles. The van der Waals surface area contributed by atoms with Crippen LogP contribution in [0, 0.1) is 6.92 Å². The summed E-state index contributed by atoms with van der Waals surface area (Å²) in [6.45, 7) is 9.93. The van der Waals surface area contributed by atoms with E-state index in [2.05, 4.69) is 44.5 Å². The molecular weight excluding hydrogens is 134 g/mol. The van der Waals surface area contributed by atoms with Crippen molar-refractivity contribution < 1.29 is 0 Å². The minimum Gasteiger partial charge on any atom is -0.352 e. The SMILES string of the molecule is CCn1ccc(C(C)C)c1C. The quantitative estimate of drug-likeness (QED) is 0.612. The van der Waals surface area contributed by atoms with Crippen molar-refractivity contribution in [2.24, 2.45) is 0 Å².